The monoisotopic (exact) mass is 597 g/mol. The molecule has 0 radical (unpaired) electrons. The Morgan fingerprint density at radius 3 is 2.29 bits per heavy atom. The number of piperidine rings is 1. The van der Waals surface area contributed by atoms with E-state index in [2.05, 4.69) is 5.32 Å². The highest BCUT2D eigenvalue weighted by molar-refractivity contribution is 7.92. The lowest BCUT2D eigenvalue weighted by atomic mass is 9.87. The molecule has 3 rings (SSSR count). The summed E-state index contributed by atoms with van der Waals surface area (Å²) in [6, 6.07) is 8.74. The molecule has 1 aliphatic heterocycles. The molecule has 0 aliphatic carbocycles. The minimum atomic E-state index is -4.71. The molecule has 0 bridgehead atoms. The standard InChI is InChI=1S/C29H38F3N3O5S/c1-19-7-11-24(12-8-19)41(38,39)35(25-15-23(29(30,31)32)10-9-21(25)3)18-26(36)34-14-13-20(2)22(17-34)16-33-27(37)40-28(4,5)6/h7-12,15,20,22H,13-14,16-18H2,1-6H3,(H,33,37). The Morgan fingerprint density at radius 2 is 1.71 bits per heavy atom. The van der Waals surface area contributed by atoms with E-state index in [1.165, 1.54) is 30.0 Å². The second-order valence-electron chi connectivity index (χ2n) is 11.6. The number of alkyl halides is 3. The molecular formula is C29H38F3N3O5S. The molecule has 226 valence electrons. The molecule has 1 N–H and O–H groups in total. The summed E-state index contributed by atoms with van der Waals surface area (Å²) in [6.45, 7) is 10.7. The van der Waals surface area contributed by atoms with Crippen LogP contribution in [0.15, 0.2) is 47.4 Å². The van der Waals surface area contributed by atoms with Gasteiger partial charge in [0.2, 0.25) is 5.91 Å². The third-order valence-corrected chi connectivity index (χ3v) is 8.84. The predicted molar refractivity (Wildman–Crippen MR) is 150 cm³/mol. The quantitative estimate of drug-likeness (QED) is 0.453. The molecule has 1 fully saturated rings. The number of halogens is 3. The lowest BCUT2D eigenvalue weighted by Crippen LogP contribution is -2.50. The third kappa shape index (κ3) is 8.37. The summed E-state index contributed by atoms with van der Waals surface area (Å²) in [5.41, 5.74) is -0.835. The van der Waals surface area contributed by atoms with E-state index >= 15 is 0 Å². The zero-order valence-electron chi connectivity index (χ0n) is 24.2. The van der Waals surface area contributed by atoms with Gasteiger partial charge in [-0.25, -0.2) is 13.2 Å². The third-order valence-electron chi connectivity index (χ3n) is 7.07. The molecule has 0 saturated carbocycles. The zero-order valence-corrected chi connectivity index (χ0v) is 25.0. The molecule has 1 saturated heterocycles. The minimum Gasteiger partial charge on any atom is -0.444 e. The van der Waals surface area contributed by atoms with Crippen LogP contribution in [0.25, 0.3) is 0 Å². The number of aryl methyl sites for hydroxylation is 2. The normalized spacial score (nSPS) is 18.1. The van der Waals surface area contributed by atoms with Crippen LogP contribution in [0.2, 0.25) is 0 Å². The number of carbonyl (C=O) groups excluding carboxylic acids is 2. The smallest absolute Gasteiger partial charge is 0.416 e. The fourth-order valence-corrected chi connectivity index (χ4v) is 6.06. The van der Waals surface area contributed by atoms with Gasteiger partial charge in [0.15, 0.2) is 0 Å². The van der Waals surface area contributed by atoms with Crippen LogP contribution in [0.5, 0.6) is 0 Å². The lowest BCUT2D eigenvalue weighted by Gasteiger charge is -2.38. The van der Waals surface area contributed by atoms with E-state index in [9.17, 15) is 31.2 Å². The highest BCUT2D eigenvalue weighted by atomic mass is 32.2. The van der Waals surface area contributed by atoms with Crippen molar-refractivity contribution in [3.05, 3.63) is 59.2 Å². The van der Waals surface area contributed by atoms with Gasteiger partial charge in [-0.15, -0.1) is 0 Å². The van der Waals surface area contributed by atoms with Crippen molar-refractivity contribution in [1.82, 2.24) is 10.2 Å². The molecule has 1 aliphatic rings. The summed E-state index contributed by atoms with van der Waals surface area (Å²) in [6.07, 6.45) is -4.67. The number of benzene rings is 2. The Balaban J connectivity index is 1.90. The Morgan fingerprint density at radius 1 is 1.07 bits per heavy atom. The minimum absolute atomic E-state index is 0.127. The van der Waals surface area contributed by atoms with Gasteiger partial charge >= 0.3 is 12.3 Å². The number of likely N-dealkylation sites (tertiary alicyclic amines) is 1. The van der Waals surface area contributed by atoms with Crippen LogP contribution in [0.4, 0.5) is 23.7 Å². The summed E-state index contributed by atoms with van der Waals surface area (Å²) in [5, 5.41) is 2.73. The van der Waals surface area contributed by atoms with Gasteiger partial charge in [-0.3, -0.25) is 9.10 Å². The summed E-state index contributed by atoms with van der Waals surface area (Å²) >= 11 is 0. The second-order valence-corrected chi connectivity index (χ2v) is 13.4. The highest BCUT2D eigenvalue weighted by Crippen LogP contribution is 2.35. The average Bonchev–Trinajstić information content (AvgIpc) is 2.85. The molecule has 2 atom stereocenters. The summed E-state index contributed by atoms with van der Waals surface area (Å²) < 4.78 is 74.4. The number of hydrogen-bond acceptors (Lipinski definition) is 5. The topological polar surface area (TPSA) is 96.0 Å². The number of hydrogen-bond donors (Lipinski definition) is 1. The number of alkyl carbamates (subject to hydrolysis) is 1. The van der Waals surface area contributed by atoms with Crippen LogP contribution in [-0.2, 0) is 25.7 Å². The molecule has 2 amide bonds. The first kappa shape index (κ1) is 32.2. The average molecular weight is 598 g/mol. The number of carbonyl (C=O) groups is 2. The second kappa shape index (κ2) is 12.3. The maximum atomic E-state index is 13.8. The first-order valence-corrected chi connectivity index (χ1v) is 14.8. The molecule has 2 aromatic carbocycles. The van der Waals surface area contributed by atoms with E-state index in [-0.39, 0.29) is 41.1 Å². The first-order valence-electron chi connectivity index (χ1n) is 13.4. The number of anilines is 1. The Labute approximate surface area is 239 Å². The van der Waals surface area contributed by atoms with Gasteiger partial charge in [0.1, 0.15) is 12.1 Å². The lowest BCUT2D eigenvalue weighted by molar-refractivity contribution is -0.137. The van der Waals surface area contributed by atoms with Crippen LogP contribution in [-0.4, -0.2) is 57.1 Å². The summed E-state index contributed by atoms with van der Waals surface area (Å²) in [5.74, 6) is -0.517. The van der Waals surface area contributed by atoms with Crippen molar-refractivity contribution in [2.75, 3.05) is 30.5 Å². The summed E-state index contributed by atoms with van der Waals surface area (Å²) in [4.78, 5) is 27.1. The van der Waals surface area contributed by atoms with E-state index in [0.717, 1.165) is 22.0 Å². The molecule has 0 aromatic heterocycles. The van der Waals surface area contributed by atoms with E-state index < -0.39 is 45.9 Å². The van der Waals surface area contributed by atoms with E-state index in [4.69, 9.17) is 4.74 Å². The maximum absolute atomic E-state index is 13.8. The Hall–Kier alpha value is -3.28. The zero-order chi connectivity index (χ0) is 30.8. The van der Waals surface area contributed by atoms with Gasteiger partial charge in [-0.1, -0.05) is 30.7 Å². The van der Waals surface area contributed by atoms with Crippen LogP contribution >= 0.6 is 0 Å². The van der Waals surface area contributed by atoms with Crippen molar-refractivity contribution >= 4 is 27.7 Å². The molecular weight excluding hydrogens is 559 g/mol. The van der Waals surface area contributed by atoms with E-state index in [1.54, 1.807) is 39.8 Å². The van der Waals surface area contributed by atoms with Crippen molar-refractivity contribution in [2.45, 2.75) is 64.6 Å². The molecule has 8 nitrogen and oxygen atoms in total. The molecule has 1 heterocycles. The number of nitrogens with one attached hydrogen (secondary N) is 1. The van der Waals surface area contributed by atoms with Gasteiger partial charge < -0.3 is 15.0 Å². The number of sulfonamides is 1. The van der Waals surface area contributed by atoms with Gasteiger partial charge in [-0.2, -0.15) is 13.2 Å². The number of amides is 2. The van der Waals surface area contributed by atoms with E-state index in [0.29, 0.717) is 13.0 Å². The molecule has 0 spiro atoms. The van der Waals surface area contributed by atoms with Crippen LogP contribution < -0.4 is 9.62 Å². The molecule has 2 aromatic rings. The van der Waals surface area contributed by atoms with Crippen molar-refractivity contribution in [1.29, 1.82) is 0 Å². The maximum Gasteiger partial charge on any atom is 0.416 e. The first-order chi connectivity index (χ1) is 18.9. The SMILES string of the molecule is Cc1ccc(S(=O)(=O)N(CC(=O)N2CCC(C)C(CNC(=O)OC(C)(C)C)C2)c2cc(C(F)(F)F)ccc2C)cc1. The van der Waals surface area contributed by atoms with Crippen molar-refractivity contribution in [3.63, 3.8) is 0 Å². The fourth-order valence-electron chi connectivity index (χ4n) is 4.58. The summed E-state index contributed by atoms with van der Waals surface area (Å²) in [7, 11) is -4.41. The number of nitrogens with zero attached hydrogens (tertiary/aromatic N) is 2. The van der Waals surface area contributed by atoms with Gasteiger partial charge in [0, 0.05) is 19.6 Å². The van der Waals surface area contributed by atoms with Crippen LogP contribution in [0.1, 0.15) is 50.8 Å². The van der Waals surface area contributed by atoms with Gasteiger partial charge in [-0.05, 0) is 82.7 Å². The molecule has 2 unspecified atom stereocenters. The van der Waals surface area contributed by atoms with Crippen molar-refractivity contribution in [2.24, 2.45) is 11.8 Å². The van der Waals surface area contributed by atoms with Crippen LogP contribution in [0.3, 0.4) is 0 Å². The molecule has 12 heteroatoms. The highest BCUT2D eigenvalue weighted by Gasteiger charge is 2.36. The van der Waals surface area contributed by atoms with Crippen molar-refractivity contribution < 1.29 is 35.9 Å². The number of rotatable bonds is 7. The fraction of sp³-hybridized carbons (Fsp3) is 0.517. The predicted octanol–water partition coefficient (Wildman–Crippen LogP) is 5.53. The largest absolute Gasteiger partial charge is 0.444 e. The Kier molecular flexibility index (Phi) is 9.67. The van der Waals surface area contributed by atoms with Crippen molar-refractivity contribution in [3.8, 4) is 0 Å². The van der Waals surface area contributed by atoms with Gasteiger partial charge in [0.05, 0.1) is 16.1 Å². The number of ether oxygens (including phenoxy) is 1. The van der Waals surface area contributed by atoms with E-state index in [1.807, 2.05) is 6.92 Å². The molecule has 41 heavy (non-hydrogen) atoms. The van der Waals surface area contributed by atoms with Gasteiger partial charge in [0.25, 0.3) is 10.0 Å². The van der Waals surface area contributed by atoms with Crippen LogP contribution in [0, 0.1) is 25.7 Å². The Bertz CT molecular complexity index is 1360.